The molecule has 0 bridgehead atoms. The van der Waals surface area contributed by atoms with Gasteiger partial charge in [0.2, 0.25) is 0 Å². The first-order chi connectivity index (χ1) is 10.3. The van der Waals surface area contributed by atoms with Gasteiger partial charge >= 0.3 is 0 Å². The van der Waals surface area contributed by atoms with Gasteiger partial charge in [0.05, 0.1) is 0 Å². The van der Waals surface area contributed by atoms with Crippen LogP contribution in [0.3, 0.4) is 0 Å². The van der Waals surface area contributed by atoms with E-state index in [1.807, 2.05) is 0 Å². The van der Waals surface area contributed by atoms with E-state index in [4.69, 9.17) is 0 Å². The zero-order valence-electron chi connectivity index (χ0n) is 13.5. The van der Waals surface area contributed by atoms with Crippen molar-refractivity contribution in [3.05, 3.63) is 35.4 Å². The van der Waals surface area contributed by atoms with Crippen LogP contribution in [0.1, 0.15) is 56.6 Å². The number of rotatable bonds is 8. The van der Waals surface area contributed by atoms with Crippen LogP contribution in [0.15, 0.2) is 24.3 Å². The van der Waals surface area contributed by atoms with Crippen molar-refractivity contribution in [2.24, 2.45) is 0 Å². The Morgan fingerprint density at radius 1 is 1.00 bits per heavy atom. The maximum atomic E-state index is 3.59. The molecule has 0 saturated heterocycles. The lowest BCUT2D eigenvalue weighted by Gasteiger charge is -2.27. The van der Waals surface area contributed by atoms with Crippen LogP contribution in [0.5, 0.6) is 0 Å². The molecule has 3 rings (SSSR count). The summed E-state index contributed by atoms with van der Waals surface area (Å²) in [5.41, 5.74) is 2.94. The quantitative estimate of drug-likeness (QED) is 0.783. The van der Waals surface area contributed by atoms with E-state index < -0.39 is 0 Å². The van der Waals surface area contributed by atoms with Gasteiger partial charge in [-0.3, -0.25) is 4.90 Å². The highest BCUT2D eigenvalue weighted by atomic mass is 15.1. The smallest absolute Gasteiger partial charge is 0.0236 e. The Morgan fingerprint density at radius 2 is 1.67 bits per heavy atom. The zero-order chi connectivity index (χ0) is 14.5. The molecule has 0 heterocycles. The van der Waals surface area contributed by atoms with E-state index in [0.29, 0.717) is 0 Å². The molecule has 2 nitrogen and oxygen atoms in total. The Balaban J connectivity index is 1.47. The van der Waals surface area contributed by atoms with Crippen LogP contribution >= 0.6 is 0 Å². The maximum absolute atomic E-state index is 3.59. The summed E-state index contributed by atoms with van der Waals surface area (Å²) in [7, 11) is 0. The minimum atomic E-state index is 0.828. The van der Waals surface area contributed by atoms with Gasteiger partial charge in [-0.2, -0.15) is 0 Å². The lowest BCUT2D eigenvalue weighted by atomic mass is 10.1. The van der Waals surface area contributed by atoms with Gasteiger partial charge in [0.15, 0.2) is 0 Å². The molecule has 1 aromatic rings. The summed E-state index contributed by atoms with van der Waals surface area (Å²) in [4.78, 5) is 2.66. The average molecular weight is 286 g/mol. The first kappa shape index (κ1) is 15.1. The average Bonchev–Trinajstić information content (AvgIpc) is 3.18. The summed E-state index contributed by atoms with van der Waals surface area (Å²) in [5, 5.41) is 3.59. The van der Waals surface area contributed by atoms with Crippen LogP contribution in [-0.2, 0) is 13.0 Å². The molecule has 2 aliphatic carbocycles. The molecular weight excluding hydrogens is 256 g/mol. The van der Waals surface area contributed by atoms with Gasteiger partial charge < -0.3 is 5.32 Å². The Morgan fingerprint density at radius 3 is 2.29 bits per heavy atom. The lowest BCUT2D eigenvalue weighted by molar-refractivity contribution is 0.200. The number of hydrogen-bond donors (Lipinski definition) is 1. The third-order valence-electron chi connectivity index (χ3n) is 5.08. The van der Waals surface area contributed by atoms with E-state index in [-0.39, 0.29) is 0 Å². The monoisotopic (exact) mass is 286 g/mol. The molecule has 0 aromatic heterocycles. The van der Waals surface area contributed by atoms with Crippen molar-refractivity contribution in [3.63, 3.8) is 0 Å². The molecule has 2 fully saturated rings. The fourth-order valence-electron chi connectivity index (χ4n) is 3.52. The lowest BCUT2D eigenvalue weighted by Crippen LogP contribution is -2.32. The third-order valence-corrected chi connectivity index (χ3v) is 5.08. The molecule has 0 radical (unpaired) electrons. The van der Waals surface area contributed by atoms with E-state index in [9.17, 15) is 0 Å². The number of hydrogen-bond acceptors (Lipinski definition) is 2. The summed E-state index contributed by atoms with van der Waals surface area (Å²) >= 11 is 0. The fraction of sp³-hybridized carbons (Fsp3) is 0.684. The Labute approximate surface area is 129 Å². The van der Waals surface area contributed by atoms with Crippen molar-refractivity contribution >= 4 is 0 Å². The van der Waals surface area contributed by atoms with Gasteiger partial charge in [-0.1, -0.05) is 44.0 Å². The molecule has 2 saturated carbocycles. The minimum Gasteiger partial charge on any atom is -0.314 e. The van der Waals surface area contributed by atoms with Gasteiger partial charge in [0.25, 0.3) is 0 Å². The molecular formula is C19H30N2. The van der Waals surface area contributed by atoms with E-state index in [1.165, 1.54) is 56.2 Å². The minimum absolute atomic E-state index is 0.828. The van der Waals surface area contributed by atoms with Crippen molar-refractivity contribution in [1.29, 1.82) is 0 Å². The van der Waals surface area contributed by atoms with E-state index in [2.05, 4.69) is 41.4 Å². The largest absolute Gasteiger partial charge is 0.314 e. The molecule has 0 spiro atoms. The topological polar surface area (TPSA) is 15.3 Å². The highest BCUT2D eigenvalue weighted by molar-refractivity contribution is 5.23. The van der Waals surface area contributed by atoms with Crippen LogP contribution in [0.2, 0.25) is 0 Å². The summed E-state index contributed by atoms with van der Waals surface area (Å²) < 4.78 is 0. The summed E-state index contributed by atoms with van der Waals surface area (Å²) in [6.07, 6.45) is 9.58. The molecule has 2 aliphatic rings. The molecule has 0 unspecified atom stereocenters. The molecule has 1 N–H and O–H groups in total. The molecule has 21 heavy (non-hydrogen) atoms. The third kappa shape index (κ3) is 4.55. The molecule has 0 atom stereocenters. The van der Waals surface area contributed by atoms with Crippen LogP contribution < -0.4 is 5.32 Å². The number of benzene rings is 1. The van der Waals surface area contributed by atoms with E-state index >= 15 is 0 Å². The molecule has 2 heteroatoms. The van der Waals surface area contributed by atoms with Crippen molar-refractivity contribution in [3.8, 4) is 0 Å². The van der Waals surface area contributed by atoms with Crippen molar-refractivity contribution in [1.82, 2.24) is 10.2 Å². The Kier molecular flexibility index (Phi) is 5.32. The normalized spacial score (nSPS) is 19.5. The van der Waals surface area contributed by atoms with Gasteiger partial charge in [-0.15, -0.1) is 0 Å². The van der Waals surface area contributed by atoms with Crippen molar-refractivity contribution in [2.45, 2.75) is 70.5 Å². The van der Waals surface area contributed by atoms with E-state index in [1.54, 1.807) is 0 Å². The number of nitrogens with one attached hydrogen (secondary N) is 1. The SMILES string of the molecule is CCN(Cc1ccc(CCNC2CC2)cc1)C1CCCC1. The first-order valence-electron chi connectivity index (χ1n) is 8.90. The Bertz CT molecular complexity index is 416. The summed E-state index contributed by atoms with van der Waals surface area (Å²) in [6.45, 7) is 5.74. The fourth-order valence-corrected chi connectivity index (χ4v) is 3.52. The highest BCUT2D eigenvalue weighted by Crippen LogP contribution is 2.24. The van der Waals surface area contributed by atoms with Gasteiger partial charge in [-0.25, -0.2) is 0 Å². The molecule has 1 aromatic carbocycles. The predicted molar refractivity (Wildman–Crippen MR) is 89.5 cm³/mol. The summed E-state index contributed by atoms with van der Waals surface area (Å²) in [6, 6.07) is 11.0. The first-order valence-corrected chi connectivity index (χ1v) is 8.90. The van der Waals surface area contributed by atoms with E-state index in [0.717, 1.165) is 31.6 Å². The Hall–Kier alpha value is -0.860. The highest BCUT2D eigenvalue weighted by Gasteiger charge is 2.21. The van der Waals surface area contributed by atoms with Crippen LogP contribution in [0.4, 0.5) is 0 Å². The zero-order valence-corrected chi connectivity index (χ0v) is 13.5. The van der Waals surface area contributed by atoms with Crippen molar-refractivity contribution in [2.75, 3.05) is 13.1 Å². The standard InChI is InChI=1S/C19H30N2/c1-2-21(19-5-3-4-6-19)15-17-9-7-16(8-10-17)13-14-20-18-11-12-18/h7-10,18-20H,2-6,11-15H2,1H3. The van der Waals surface area contributed by atoms with Crippen LogP contribution in [0.25, 0.3) is 0 Å². The molecule has 116 valence electrons. The predicted octanol–water partition coefficient (Wildman–Crippen LogP) is 3.75. The van der Waals surface area contributed by atoms with Gasteiger partial charge in [0.1, 0.15) is 0 Å². The molecule has 0 amide bonds. The maximum Gasteiger partial charge on any atom is 0.0236 e. The van der Waals surface area contributed by atoms with Crippen LogP contribution in [-0.4, -0.2) is 30.1 Å². The van der Waals surface area contributed by atoms with Gasteiger partial charge in [0, 0.05) is 18.6 Å². The summed E-state index contributed by atoms with van der Waals surface area (Å²) in [5.74, 6) is 0. The number of nitrogens with zero attached hydrogens (tertiary/aromatic N) is 1. The van der Waals surface area contributed by atoms with Gasteiger partial charge in [-0.05, 0) is 56.3 Å². The second-order valence-corrected chi connectivity index (χ2v) is 6.80. The van der Waals surface area contributed by atoms with Crippen molar-refractivity contribution < 1.29 is 0 Å². The van der Waals surface area contributed by atoms with Crippen LogP contribution in [0, 0.1) is 0 Å². The second-order valence-electron chi connectivity index (χ2n) is 6.80. The second kappa shape index (κ2) is 7.42. The molecule has 0 aliphatic heterocycles.